The number of methoxy groups -OCH3 is 1. The lowest BCUT2D eigenvalue weighted by Gasteiger charge is -2.31. The second kappa shape index (κ2) is 4.34. The molecule has 2 rings (SSSR count). The zero-order valence-corrected chi connectivity index (χ0v) is 11.6. The van der Waals surface area contributed by atoms with Gasteiger partial charge in [-0.25, -0.2) is 0 Å². The Morgan fingerprint density at radius 2 is 1.88 bits per heavy atom. The van der Waals surface area contributed by atoms with Crippen molar-refractivity contribution in [1.29, 1.82) is 0 Å². The molecule has 0 atom stereocenters. The number of rotatable bonds is 2. The van der Waals surface area contributed by atoms with Crippen LogP contribution in [0.1, 0.15) is 43.4 Å². The third kappa shape index (κ3) is 2.32. The maximum Gasteiger partial charge on any atom is 0.122 e. The van der Waals surface area contributed by atoms with Crippen LogP contribution in [0.4, 0.5) is 0 Å². The summed E-state index contributed by atoms with van der Waals surface area (Å²) in [5, 5.41) is 3.34. The lowest BCUT2D eigenvalue weighted by Crippen LogP contribution is -2.40. The van der Waals surface area contributed by atoms with Crippen LogP contribution in [0.5, 0.6) is 5.75 Å². The summed E-state index contributed by atoms with van der Waals surface area (Å²) in [6.07, 6.45) is 0. The summed E-state index contributed by atoms with van der Waals surface area (Å²) in [5.74, 6) is 1.70. The van der Waals surface area contributed by atoms with Crippen LogP contribution in [-0.2, 0) is 5.41 Å². The number of hydrogen-bond donors (Lipinski definition) is 1. The number of aryl methyl sites for hydroxylation is 1. The standard InChI is InChI=1S/C15H23NO/c1-10-6-14(17-5)13(15(2,3)4)7-12(10)11-8-16-9-11/h6-7,11,16H,8-9H2,1-5H3. The van der Waals surface area contributed by atoms with Gasteiger partial charge in [0.25, 0.3) is 0 Å². The molecule has 0 saturated carbocycles. The second-order valence-electron chi connectivity index (χ2n) is 6.01. The summed E-state index contributed by atoms with van der Waals surface area (Å²) in [4.78, 5) is 0. The number of ether oxygens (including phenoxy) is 1. The molecule has 1 fully saturated rings. The smallest absolute Gasteiger partial charge is 0.122 e. The van der Waals surface area contributed by atoms with Crippen molar-refractivity contribution in [1.82, 2.24) is 5.32 Å². The lowest BCUT2D eigenvalue weighted by atomic mass is 9.81. The molecule has 0 aromatic heterocycles. The van der Waals surface area contributed by atoms with Gasteiger partial charge in [-0.1, -0.05) is 26.8 Å². The van der Waals surface area contributed by atoms with Gasteiger partial charge in [0.15, 0.2) is 0 Å². The third-order valence-electron chi connectivity index (χ3n) is 3.62. The van der Waals surface area contributed by atoms with E-state index in [0.29, 0.717) is 5.92 Å². The Morgan fingerprint density at radius 3 is 2.29 bits per heavy atom. The fourth-order valence-corrected chi connectivity index (χ4v) is 2.40. The Morgan fingerprint density at radius 1 is 1.24 bits per heavy atom. The molecule has 17 heavy (non-hydrogen) atoms. The number of nitrogens with one attached hydrogen (secondary N) is 1. The van der Waals surface area contributed by atoms with Crippen LogP contribution in [0, 0.1) is 6.92 Å². The maximum atomic E-state index is 5.52. The predicted molar refractivity (Wildman–Crippen MR) is 72.0 cm³/mol. The summed E-state index contributed by atoms with van der Waals surface area (Å²) in [5.41, 5.74) is 4.27. The van der Waals surface area contributed by atoms with E-state index < -0.39 is 0 Å². The molecule has 0 bridgehead atoms. The summed E-state index contributed by atoms with van der Waals surface area (Å²) in [6, 6.07) is 4.54. The third-order valence-corrected chi connectivity index (χ3v) is 3.62. The summed E-state index contributed by atoms with van der Waals surface area (Å²) >= 11 is 0. The van der Waals surface area contributed by atoms with Crippen molar-refractivity contribution >= 4 is 0 Å². The van der Waals surface area contributed by atoms with Gasteiger partial charge in [-0.2, -0.15) is 0 Å². The van der Waals surface area contributed by atoms with Gasteiger partial charge in [-0.05, 0) is 35.1 Å². The number of hydrogen-bond acceptors (Lipinski definition) is 2. The summed E-state index contributed by atoms with van der Waals surface area (Å²) in [6.45, 7) is 11.1. The van der Waals surface area contributed by atoms with Crippen LogP contribution in [0.3, 0.4) is 0 Å². The van der Waals surface area contributed by atoms with Gasteiger partial charge in [-0.3, -0.25) is 0 Å². The van der Waals surface area contributed by atoms with Crippen molar-refractivity contribution in [3.05, 3.63) is 28.8 Å². The first-order valence-electron chi connectivity index (χ1n) is 6.33. The minimum Gasteiger partial charge on any atom is -0.496 e. The van der Waals surface area contributed by atoms with Crippen molar-refractivity contribution in [2.45, 2.75) is 39.0 Å². The highest BCUT2D eigenvalue weighted by atomic mass is 16.5. The van der Waals surface area contributed by atoms with E-state index in [4.69, 9.17) is 4.74 Å². The second-order valence-corrected chi connectivity index (χ2v) is 6.01. The minimum absolute atomic E-state index is 0.130. The van der Waals surface area contributed by atoms with Crippen molar-refractivity contribution in [2.24, 2.45) is 0 Å². The largest absolute Gasteiger partial charge is 0.496 e. The first kappa shape index (κ1) is 12.4. The first-order valence-corrected chi connectivity index (χ1v) is 6.33. The summed E-state index contributed by atoms with van der Waals surface area (Å²) < 4.78 is 5.52. The highest BCUT2D eigenvalue weighted by molar-refractivity contribution is 5.47. The molecule has 2 nitrogen and oxygen atoms in total. The van der Waals surface area contributed by atoms with Crippen molar-refractivity contribution in [3.63, 3.8) is 0 Å². The highest BCUT2D eigenvalue weighted by Crippen LogP contribution is 2.36. The molecule has 1 aliphatic rings. The van der Waals surface area contributed by atoms with Crippen LogP contribution in [0.15, 0.2) is 12.1 Å². The van der Waals surface area contributed by atoms with Crippen molar-refractivity contribution < 1.29 is 4.74 Å². The molecule has 1 saturated heterocycles. The van der Waals surface area contributed by atoms with Gasteiger partial charge in [0, 0.05) is 19.0 Å². The fraction of sp³-hybridized carbons (Fsp3) is 0.600. The van der Waals surface area contributed by atoms with E-state index in [1.807, 2.05) is 0 Å². The van der Waals surface area contributed by atoms with Gasteiger partial charge in [0.2, 0.25) is 0 Å². The van der Waals surface area contributed by atoms with E-state index in [-0.39, 0.29) is 5.41 Å². The van der Waals surface area contributed by atoms with E-state index in [2.05, 4.69) is 45.1 Å². The molecule has 1 aromatic carbocycles. The van der Waals surface area contributed by atoms with Gasteiger partial charge in [-0.15, -0.1) is 0 Å². The fourth-order valence-electron chi connectivity index (χ4n) is 2.40. The van der Waals surface area contributed by atoms with Crippen LogP contribution in [-0.4, -0.2) is 20.2 Å². The highest BCUT2D eigenvalue weighted by Gasteiger charge is 2.25. The molecule has 1 aromatic rings. The average molecular weight is 233 g/mol. The van der Waals surface area contributed by atoms with Gasteiger partial charge in [0.05, 0.1) is 7.11 Å². The molecular weight excluding hydrogens is 210 g/mol. The molecule has 1 N–H and O–H groups in total. The SMILES string of the molecule is COc1cc(C)c(C2CNC2)cc1C(C)(C)C. The average Bonchev–Trinajstić information content (AvgIpc) is 2.16. The molecule has 94 valence electrons. The van der Waals surface area contributed by atoms with Crippen LogP contribution in [0.2, 0.25) is 0 Å². The molecular formula is C15H23NO. The van der Waals surface area contributed by atoms with Crippen LogP contribution >= 0.6 is 0 Å². The Bertz CT molecular complexity index is 414. The van der Waals surface area contributed by atoms with Gasteiger partial charge < -0.3 is 10.1 Å². The van der Waals surface area contributed by atoms with Gasteiger partial charge >= 0.3 is 0 Å². The molecule has 0 unspecified atom stereocenters. The molecule has 0 aliphatic carbocycles. The Hall–Kier alpha value is -1.02. The Kier molecular flexibility index (Phi) is 3.17. The molecule has 1 heterocycles. The van der Waals surface area contributed by atoms with E-state index in [1.165, 1.54) is 16.7 Å². The zero-order valence-electron chi connectivity index (χ0n) is 11.6. The monoisotopic (exact) mass is 233 g/mol. The first-order chi connectivity index (χ1) is 7.93. The molecule has 0 spiro atoms. The predicted octanol–water partition coefficient (Wildman–Crippen LogP) is 2.99. The zero-order chi connectivity index (χ0) is 12.6. The molecule has 0 radical (unpaired) electrons. The van der Waals surface area contributed by atoms with Crippen molar-refractivity contribution in [2.75, 3.05) is 20.2 Å². The van der Waals surface area contributed by atoms with E-state index in [1.54, 1.807) is 7.11 Å². The van der Waals surface area contributed by atoms with Crippen LogP contribution < -0.4 is 10.1 Å². The minimum atomic E-state index is 0.130. The Balaban J connectivity index is 2.48. The molecule has 2 heteroatoms. The van der Waals surface area contributed by atoms with E-state index in [0.717, 1.165) is 18.8 Å². The number of benzene rings is 1. The lowest BCUT2D eigenvalue weighted by molar-refractivity contribution is 0.394. The van der Waals surface area contributed by atoms with E-state index in [9.17, 15) is 0 Å². The normalized spacial score (nSPS) is 16.8. The quantitative estimate of drug-likeness (QED) is 0.848. The molecule has 1 aliphatic heterocycles. The van der Waals surface area contributed by atoms with Crippen molar-refractivity contribution in [3.8, 4) is 5.75 Å². The van der Waals surface area contributed by atoms with Crippen LogP contribution in [0.25, 0.3) is 0 Å². The van der Waals surface area contributed by atoms with Gasteiger partial charge in [0.1, 0.15) is 5.75 Å². The maximum absolute atomic E-state index is 5.52. The molecule has 0 amide bonds. The summed E-state index contributed by atoms with van der Waals surface area (Å²) in [7, 11) is 1.76. The topological polar surface area (TPSA) is 21.3 Å². The van der Waals surface area contributed by atoms with E-state index >= 15 is 0 Å². The Labute approximate surface area is 104 Å².